The molecule has 1 saturated heterocycles. The molecule has 1 aliphatic rings. The van der Waals surface area contributed by atoms with Gasteiger partial charge in [-0.15, -0.1) is 0 Å². The van der Waals surface area contributed by atoms with Gasteiger partial charge in [-0.1, -0.05) is 12.1 Å². The summed E-state index contributed by atoms with van der Waals surface area (Å²) >= 11 is 0. The second-order valence-electron chi connectivity index (χ2n) is 5.11. The predicted octanol–water partition coefficient (Wildman–Crippen LogP) is 2.23. The molecule has 1 aromatic carbocycles. The summed E-state index contributed by atoms with van der Waals surface area (Å²) in [6, 6.07) is 4.80. The number of nitrogens with zero attached hydrogens (tertiary/aromatic N) is 2. The normalized spacial score (nSPS) is 18.8. The van der Waals surface area contributed by atoms with Crippen molar-refractivity contribution in [2.45, 2.75) is 18.6 Å². The van der Waals surface area contributed by atoms with Gasteiger partial charge in [0.2, 0.25) is 0 Å². The average Bonchev–Trinajstić information content (AvgIpc) is 2.44. The molecule has 7 heteroatoms. The van der Waals surface area contributed by atoms with Crippen LogP contribution in [0.1, 0.15) is 6.42 Å². The Morgan fingerprint density at radius 2 is 1.71 bits per heavy atom. The number of para-hydroxylation sites is 1. The lowest BCUT2D eigenvalue weighted by molar-refractivity contribution is -0.185. The van der Waals surface area contributed by atoms with Crippen molar-refractivity contribution < 1.29 is 17.6 Å². The molecule has 118 valence electrons. The first kappa shape index (κ1) is 16.0. The first-order valence-corrected chi connectivity index (χ1v) is 6.94. The van der Waals surface area contributed by atoms with Crippen LogP contribution >= 0.6 is 0 Å². The third-order valence-electron chi connectivity index (χ3n) is 3.77. The molecule has 2 N–H and O–H groups in total. The predicted molar refractivity (Wildman–Crippen MR) is 73.7 cm³/mol. The van der Waals surface area contributed by atoms with Gasteiger partial charge >= 0.3 is 6.18 Å². The summed E-state index contributed by atoms with van der Waals surface area (Å²) < 4.78 is 52.7. The molecule has 1 unspecified atom stereocenters. The van der Waals surface area contributed by atoms with E-state index in [2.05, 4.69) is 0 Å². The molecule has 0 spiro atoms. The molecule has 0 amide bonds. The summed E-state index contributed by atoms with van der Waals surface area (Å²) in [4.78, 5) is 3.17. The maximum absolute atomic E-state index is 13.7. The highest BCUT2D eigenvalue weighted by Crippen LogP contribution is 2.29. The average molecular weight is 305 g/mol. The zero-order valence-electron chi connectivity index (χ0n) is 11.6. The number of piperazine rings is 1. The maximum Gasteiger partial charge on any atom is 0.404 e. The molecule has 1 aromatic rings. The van der Waals surface area contributed by atoms with Gasteiger partial charge in [0.15, 0.2) is 0 Å². The van der Waals surface area contributed by atoms with Gasteiger partial charge in [0.25, 0.3) is 0 Å². The first-order valence-electron chi connectivity index (χ1n) is 6.94. The highest BCUT2D eigenvalue weighted by molar-refractivity contribution is 5.48. The van der Waals surface area contributed by atoms with Crippen LogP contribution in [-0.4, -0.2) is 49.8 Å². The number of anilines is 1. The highest BCUT2D eigenvalue weighted by atomic mass is 19.4. The minimum Gasteiger partial charge on any atom is -0.367 e. The fourth-order valence-corrected chi connectivity index (χ4v) is 2.69. The van der Waals surface area contributed by atoms with Crippen LogP contribution in [0.5, 0.6) is 0 Å². The van der Waals surface area contributed by atoms with Crippen molar-refractivity contribution >= 4 is 5.69 Å². The Labute approximate surface area is 121 Å². The molecule has 0 radical (unpaired) electrons. The fraction of sp³-hybridized carbons (Fsp3) is 0.571. The monoisotopic (exact) mass is 305 g/mol. The molecule has 21 heavy (non-hydrogen) atoms. The van der Waals surface area contributed by atoms with Gasteiger partial charge in [-0.3, -0.25) is 4.90 Å². The van der Waals surface area contributed by atoms with Crippen LogP contribution in [-0.2, 0) is 0 Å². The van der Waals surface area contributed by atoms with E-state index in [1.54, 1.807) is 23.1 Å². The second-order valence-corrected chi connectivity index (χ2v) is 5.11. The zero-order valence-corrected chi connectivity index (χ0v) is 11.6. The Kier molecular flexibility index (Phi) is 5.05. The van der Waals surface area contributed by atoms with E-state index in [1.165, 1.54) is 11.0 Å². The van der Waals surface area contributed by atoms with Gasteiger partial charge in [-0.25, -0.2) is 4.39 Å². The molecule has 1 heterocycles. The minimum absolute atomic E-state index is 0.00228. The lowest BCUT2D eigenvalue weighted by Crippen LogP contribution is -2.55. The van der Waals surface area contributed by atoms with Gasteiger partial charge in [-0.2, -0.15) is 13.2 Å². The van der Waals surface area contributed by atoms with Crippen LogP contribution < -0.4 is 10.6 Å². The maximum atomic E-state index is 13.7. The largest absolute Gasteiger partial charge is 0.404 e. The molecule has 0 aliphatic carbocycles. The number of nitrogens with two attached hydrogens (primary N) is 1. The molecule has 0 aromatic heterocycles. The van der Waals surface area contributed by atoms with Crippen molar-refractivity contribution in [2.75, 3.05) is 37.6 Å². The first-order chi connectivity index (χ1) is 9.93. The lowest BCUT2D eigenvalue weighted by atomic mass is 10.1. The third kappa shape index (κ3) is 3.85. The Morgan fingerprint density at radius 3 is 2.24 bits per heavy atom. The Morgan fingerprint density at radius 1 is 1.10 bits per heavy atom. The SMILES string of the molecule is NCCC(N1CCN(c2ccccc2F)CC1)C(F)(F)F. The van der Waals surface area contributed by atoms with Crippen molar-refractivity contribution in [2.24, 2.45) is 5.73 Å². The fourth-order valence-electron chi connectivity index (χ4n) is 2.69. The summed E-state index contributed by atoms with van der Waals surface area (Å²) in [7, 11) is 0. The zero-order chi connectivity index (χ0) is 15.5. The van der Waals surface area contributed by atoms with E-state index in [9.17, 15) is 17.6 Å². The number of benzene rings is 1. The van der Waals surface area contributed by atoms with E-state index in [0.29, 0.717) is 18.8 Å². The van der Waals surface area contributed by atoms with Crippen LogP contribution in [0.25, 0.3) is 0 Å². The number of halogens is 4. The van der Waals surface area contributed by atoms with Gasteiger partial charge < -0.3 is 10.6 Å². The number of rotatable bonds is 4. The Bertz CT molecular complexity index is 456. The van der Waals surface area contributed by atoms with Crippen molar-refractivity contribution in [3.8, 4) is 0 Å². The lowest BCUT2D eigenvalue weighted by Gasteiger charge is -2.40. The van der Waals surface area contributed by atoms with Crippen molar-refractivity contribution in [3.05, 3.63) is 30.1 Å². The number of hydrogen-bond donors (Lipinski definition) is 1. The Hall–Kier alpha value is -1.34. The molecular weight excluding hydrogens is 286 g/mol. The number of alkyl halides is 3. The van der Waals surface area contributed by atoms with Gasteiger partial charge in [0.05, 0.1) is 5.69 Å². The van der Waals surface area contributed by atoms with Crippen LogP contribution in [0.4, 0.5) is 23.2 Å². The van der Waals surface area contributed by atoms with Crippen LogP contribution in [0.2, 0.25) is 0 Å². The van der Waals surface area contributed by atoms with E-state index in [-0.39, 0.29) is 31.9 Å². The standard InChI is InChI=1S/C14H19F4N3/c15-11-3-1-2-4-12(11)20-7-9-21(10-8-20)13(5-6-19)14(16,17)18/h1-4,13H,5-10,19H2. The van der Waals surface area contributed by atoms with Crippen molar-refractivity contribution in [3.63, 3.8) is 0 Å². The summed E-state index contributed by atoms with van der Waals surface area (Å²) in [6.45, 7) is 1.24. The summed E-state index contributed by atoms with van der Waals surface area (Å²) in [5.74, 6) is -0.347. The van der Waals surface area contributed by atoms with Gasteiger partial charge in [0, 0.05) is 26.2 Å². The highest BCUT2D eigenvalue weighted by Gasteiger charge is 2.43. The molecule has 1 fully saturated rings. The van der Waals surface area contributed by atoms with E-state index in [0.717, 1.165) is 0 Å². The molecule has 1 aliphatic heterocycles. The second kappa shape index (κ2) is 6.62. The number of hydrogen-bond acceptors (Lipinski definition) is 3. The van der Waals surface area contributed by atoms with Crippen molar-refractivity contribution in [1.82, 2.24) is 4.90 Å². The molecule has 0 bridgehead atoms. The van der Waals surface area contributed by atoms with Gasteiger partial charge in [0.1, 0.15) is 11.9 Å². The third-order valence-corrected chi connectivity index (χ3v) is 3.77. The van der Waals surface area contributed by atoms with Crippen LogP contribution in [0.15, 0.2) is 24.3 Å². The van der Waals surface area contributed by atoms with Crippen molar-refractivity contribution in [1.29, 1.82) is 0 Å². The minimum atomic E-state index is -4.28. The molecule has 0 saturated carbocycles. The van der Waals surface area contributed by atoms with E-state index < -0.39 is 12.2 Å². The Balaban J connectivity index is 2.01. The van der Waals surface area contributed by atoms with E-state index >= 15 is 0 Å². The summed E-state index contributed by atoms with van der Waals surface area (Å²) in [5, 5.41) is 0. The molecule has 1 atom stereocenters. The molecule has 3 nitrogen and oxygen atoms in total. The summed E-state index contributed by atoms with van der Waals surface area (Å²) in [5.41, 5.74) is 5.73. The topological polar surface area (TPSA) is 32.5 Å². The molecule has 2 rings (SSSR count). The van der Waals surface area contributed by atoms with Crippen LogP contribution in [0.3, 0.4) is 0 Å². The van der Waals surface area contributed by atoms with E-state index in [4.69, 9.17) is 5.73 Å². The molecular formula is C14H19F4N3. The van der Waals surface area contributed by atoms with E-state index in [1.807, 2.05) is 0 Å². The van der Waals surface area contributed by atoms with Gasteiger partial charge in [-0.05, 0) is 25.1 Å². The smallest absolute Gasteiger partial charge is 0.367 e. The van der Waals surface area contributed by atoms with Crippen LogP contribution in [0, 0.1) is 5.82 Å². The quantitative estimate of drug-likeness (QED) is 0.866. The summed E-state index contributed by atoms with van der Waals surface area (Å²) in [6.07, 6.45) is -4.39.